The number of allylic oxidation sites excluding steroid dienone is 1. The van der Waals surface area contributed by atoms with Crippen molar-refractivity contribution in [3.8, 4) is 0 Å². The zero-order valence-corrected chi connectivity index (χ0v) is 13.8. The quantitative estimate of drug-likeness (QED) is 0.666. The lowest BCUT2D eigenvalue weighted by atomic mass is 9.87. The van der Waals surface area contributed by atoms with Gasteiger partial charge in [-0.05, 0) is 5.56 Å². The topological polar surface area (TPSA) is 74.2 Å². The molecule has 2 aliphatic rings. The summed E-state index contributed by atoms with van der Waals surface area (Å²) in [6.07, 6.45) is -0.796. The average Bonchev–Trinajstić information content (AvgIpc) is 2.92. The second-order valence-corrected chi connectivity index (χ2v) is 6.09. The van der Waals surface area contributed by atoms with Gasteiger partial charge in [-0.3, -0.25) is 0 Å². The van der Waals surface area contributed by atoms with Crippen LogP contribution in [0.3, 0.4) is 0 Å². The van der Waals surface area contributed by atoms with Crippen molar-refractivity contribution in [1.82, 2.24) is 0 Å². The fourth-order valence-corrected chi connectivity index (χ4v) is 3.11. The number of benzene rings is 1. The summed E-state index contributed by atoms with van der Waals surface area (Å²) >= 11 is 0. The van der Waals surface area contributed by atoms with Crippen LogP contribution in [0.2, 0.25) is 0 Å². The molecule has 6 heteroatoms. The van der Waals surface area contributed by atoms with E-state index in [2.05, 4.69) is 4.74 Å². The number of aliphatic hydroxyl groups excluding tert-OH is 1. The van der Waals surface area contributed by atoms with Crippen molar-refractivity contribution in [2.75, 3.05) is 13.7 Å². The Kier molecular flexibility index (Phi) is 5.18. The second-order valence-electron chi connectivity index (χ2n) is 6.09. The molecule has 130 valence electrons. The molecule has 0 aromatic heterocycles. The molecule has 0 unspecified atom stereocenters. The lowest BCUT2D eigenvalue weighted by Crippen LogP contribution is -2.50. The molecule has 0 spiro atoms. The first-order chi connectivity index (χ1) is 11.6. The molecule has 1 aromatic carbocycles. The Labute approximate surface area is 141 Å². The van der Waals surface area contributed by atoms with Crippen molar-refractivity contribution < 1.29 is 28.8 Å². The molecule has 2 aliphatic heterocycles. The van der Waals surface area contributed by atoms with Crippen LogP contribution in [0.1, 0.15) is 12.5 Å². The number of rotatable bonds is 4. The van der Waals surface area contributed by atoms with Gasteiger partial charge in [-0.15, -0.1) is 0 Å². The fraction of sp³-hybridized carbons (Fsp3) is 0.500. The fourth-order valence-electron chi connectivity index (χ4n) is 3.11. The molecule has 5 atom stereocenters. The van der Waals surface area contributed by atoms with E-state index in [4.69, 9.17) is 14.2 Å². The Bertz CT molecular complexity index is 599. The van der Waals surface area contributed by atoms with Crippen LogP contribution in [0.25, 0.3) is 0 Å². The Morgan fingerprint density at radius 1 is 1.38 bits per heavy atom. The highest BCUT2D eigenvalue weighted by Gasteiger charge is 2.49. The van der Waals surface area contributed by atoms with Gasteiger partial charge in [-0.1, -0.05) is 37.3 Å². The lowest BCUT2D eigenvalue weighted by molar-refractivity contribution is -0.257. The van der Waals surface area contributed by atoms with Crippen LogP contribution in [0, 0.1) is 11.8 Å². The van der Waals surface area contributed by atoms with Gasteiger partial charge in [-0.2, -0.15) is 0 Å². The maximum Gasteiger partial charge on any atom is 0.333 e. The van der Waals surface area contributed by atoms with E-state index >= 15 is 0 Å². The lowest BCUT2D eigenvalue weighted by Gasteiger charge is -2.36. The van der Waals surface area contributed by atoms with Gasteiger partial charge in [0.2, 0.25) is 0 Å². The number of carbonyl (C=O) groups excluding carboxylic acids is 1. The Balaban J connectivity index is 1.63. The van der Waals surface area contributed by atoms with E-state index < -0.39 is 24.5 Å². The van der Waals surface area contributed by atoms with Gasteiger partial charge in [0.15, 0.2) is 6.29 Å². The third-order valence-electron chi connectivity index (χ3n) is 4.57. The number of hydrogen-bond donors (Lipinski definition) is 1. The minimum atomic E-state index is -0.918. The highest BCUT2D eigenvalue weighted by Crippen LogP contribution is 2.41. The number of esters is 1. The highest BCUT2D eigenvalue weighted by molar-refractivity contribution is 5.82. The zero-order chi connectivity index (χ0) is 17.1. The number of fused-ring (bicyclic) bond motifs is 1. The largest absolute Gasteiger partial charge is 0.491 e. The maximum atomic E-state index is 11.4. The zero-order valence-electron chi connectivity index (χ0n) is 13.8. The smallest absolute Gasteiger partial charge is 0.333 e. The van der Waals surface area contributed by atoms with Crippen molar-refractivity contribution in [2.24, 2.45) is 11.8 Å². The molecule has 0 saturated carbocycles. The molecular weight excluding hydrogens is 312 g/mol. The molecule has 24 heavy (non-hydrogen) atoms. The molecular formula is C18H22O6. The molecule has 6 nitrogen and oxygen atoms in total. The Hall–Kier alpha value is -1.89. The first kappa shape index (κ1) is 17.0. The van der Waals surface area contributed by atoms with Crippen LogP contribution in [-0.2, 0) is 30.3 Å². The molecule has 2 fully saturated rings. The molecule has 1 N–H and O–H groups in total. The number of ether oxygens (including phenoxy) is 4. The van der Waals surface area contributed by atoms with E-state index in [1.165, 1.54) is 13.2 Å². The molecule has 2 saturated heterocycles. The molecule has 0 amide bonds. The normalized spacial score (nSPS) is 33.8. The Morgan fingerprint density at radius 2 is 2.12 bits per heavy atom. The van der Waals surface area contributed by atoms with Crippen molar-refractivity contribution in [3.63, 3.8) is 0 Å². The van der Waals surface area contributed by atoms with Gasteiger partial charge in [0, 0.05) is 11.8 Å². The van der Waals surface area contributed by atoms with Crippen molar-refractivity contribution >= 4 is 5.97 Å². The summed E-state index contributed by atoms with van der Waals surface area (Å²) in [7, 11) is 1.32. The minimum absolute atomic E-state index is 0.0209. The third kappa shape index (κ3) is 3.45. The molecule has 3 rings (SSSR count). The summed E-state index contributed by atoms with van der Waals surface area (Å²) in [4.78, 5) is 11.4. The van der Waals surface area contributed by atoms with Crippen LogP contribution in [-0.4, -0.2) is 43.3 Å². The summed E-state index contributed by atoms with van der Waals surface area (Å²) in [5.41, 5.74) is 1.00. The SMILES string of the molecule is COC(=O)/C=C1\O[C@H]2[C@H](O)[C@@H](OCc3ccccc3)OC[C@H]2[C@@H]1C. The summed E-state index contributed by atoms with van der Waals surface area (Å²) in [5.74, 6) is -0.00250. The second kappa shape index (κ2) is 7.34. The molecule has 2 heterocycles. The number of hydrogen-bond acceptors (Lipinski definition) is 6. The van der Waals surface area contributed by atoms with Crippen molar-refractivity contribution in [1.29, 1.82) is 0 Å². The van der Waals surface area contributed by atoms with Crippen LogP contribution >= 0.6 is 0 Å². The summed E-state index contributed by atoms with van der Waals surface area (Å²) < 4.78 is 21.8. The van der Waals surface area contributed by atoms with Crippen LogP contribution in [0.5, 0.6) is 0 Å². The van der Waals surface area contributed by atoms with Crippen LogP contribution in [0.15, 0.2) is 42.2 Å². The predicted molar refractivity (Wildman–Crippen MR) is 84.6 cm³/mol. The van der Waals surface area contributed by atoms with E-state index in [1.54, 1.807) is 0 Å². The van der Waals surface area contributed by atoms with Gasteiger partial charge < -0.3 is 24.1 Å². The Morgan fingerprint density at radius 3 is 2.83 bits per heavy atom. The molecule has 0 bridgehead atoms. The van der Waals surface area contributed by atoms with Gasteiger partial charge in [0.25, 0.3) is 0 Å². The van der Waals surface area contributed by atoms with E-state index in [1.807, 2.05) is 37.3 Å². The first-order valence-corrected chi connectivity index (χ1v) is 8.01. The highest BCUT2D eigenvalue weighted by atomic mass is 16.7. The first-order valence-electron chi connectivity index (χ1n) is 8.01. The summed E-state index contributed by atoms with van der Waals surface area (Å²) in [5, 5.41) is 10.5. The minimum Gasteiger partial charge on any atom is -0.491 e. The van der Waals surface area contributed by atoms with Gasteiger partial charge in [-0.25, -0.2) is 4.79 Å². The van der Waals surface area contributed by atoms with Crippen LogP contribution in [0.4, 0.5) is 0 Å². The summed E-state index contributed by atoms with van der Waals surface area (Å²) in [6.45, 7) is 2.70. The van der Waals surface area contributed by atoms with E-state index in [0.717, 1.165) is 5.56 Å². The molecule has 0 radical (unpaired) electrons. The van der Waals surface area contributed by atoms with Crippen molar-refractivity contribution in [3.05, 3.63) is 47.7 Å². The van der Waals surface area contributed by atoms with Gasteiger partial charge in [0.05, 0.1) is 26.4 Å². The number of methoxy groups -OCH3 is 1. The third-order valence-corrected chi connectivity index (χ3v) is 4.57. The summed E-state index contributed by atoms with van der Waals surface area (Å²) in [6, 6.07) is 9.69. The van der Waals surface area contributed by atoms with Crippen LogP contribution < -0.4 is 0 Å². The van der Waals surface area contributed by atoms with Gasteiger partial charge >= 0.3 is 5.97 Å². The monoisotopic (exact) mass is 334 g/mol. The van der Waals surface area contributed by atoms with Gasteiger partial charge in [0.1, 0.15) is 18.0 Å². The van der Waals surface area contributed by atoms with Crippen molar-refractivity contribution in [2.45, 2.75) is 32.0 Å². The van der Waals surface area contributed by atoms with E-state index in [0.29, 0.717) is 19.0 Å². The molecule has 0 aliphatic carbocycles. The molecule has 1 aromatic rings. The predicted octanol–water partition coefficient (Wildman–Crippen LogP) is 1.63. The number of aliphatic hydroxyl groups is 1. The average molecular weight is 334 g/mol. The standard InChI is InChI=1S/C18H22O6/c1-11-13-10-23-18(22-9-12-6-4-3-5-7-12)16(20)17(13)24-14(11)8-15(19)21-2/h3-8,11,13,16-18,20H,9-10H2,1-2H3/b14-8-/t11-,13-,16-,17+,18-/m0/s1. The van der Waals surface area contributed by atoms with E-state index in [9.17, 15) is 9.90 Å². The maximum absolute atomic E-state index is 11.4. The van der Waals surface area contributed by atoms with E-state index in [-0.39, 0.29) is 11.8 Å². The number of carbonyl (C=O) groups is 1.